The molecule has 4 aromatic rings. The minimum Gasteiger partial charge on any atom is -0.0924 e. The molecule has 4 heteroatoms. The molecule has 192 valence electrons. The Morgan fingerprint density at radius 1 is 0.500 bits per heavy atom. The van der Waals surface area contributed by atoms with E-state index in [2.05, 4.69) is 146 Å². The van der Waals surface area contributed by atoms with Crippen LogP contribution in [0.2, 0.25) is 0 Å². The second kappa shape index (κ2) is 6.87. The number of hydrogen-bond donors (Lipinski definition) is 0. The molecule has 4 nitrogen and oxygen atoms in total. The predicted octanol–water partition coefficient (Wildman–Crippen LogP) is 5.41. The van der Waals surface area contributed by atoms with Crippen LogP contribution in [-0.2, 0) is 6.54 Å². The van der Waals surface area contributed by atoms with Crippen LogP contribution in [0.4, 0.5) is 0 Å². The van der Waals surface area contributed by atoms with Crippen molar-refractivity contribution in [1.29, 1.82) is 0 Å². The van der Waals surface area contributed by atoms with E-state index in [1.807, 2.05) is 0 Å². The van der Waals surface area contributed by atoms with E-state index >= 15 is 0 Å². The van der Waals surface area contributed by atoms with Gasteiger partial charge in [-0.3, -0.25) is 0 Å². The van der Waals surface area contributed by atoms with Crippen molar-refractivity contribution in [2.24, 2.45) is 0 Å². The van der Waals surface area contributed by atoms with E-state index in [4.69, 9.17) is 0 Å². The molecule has 42 heavy (non-hydrogen) atoms. The molecule has 1 unspecified atom stereocenters. The molecule has 0 saturated carbocycles. The first kappa shape index (κ1) is 21.3. The Bertz CT molecular complexity index is 2310. The number of rotatable bonds is 1. The molecule has 4 aromatic carbocycles. The number of nitrogens with zero attached hydrogens (tertiary/aromatic N) is 4. The summed E-state index contributed by atoms with van der Waals surface area (Å²) in [6, 6.07) is 35.6. The van der Waals surface area contributed by atoms with Gasteiger partial charge in [-0.2, -0.15) is 0 Å². The summed E-state index contributed by atoms with van der Waals surface area (Å²) in [4.78, 5) is 0. The molecule has 0 bridgehead atoms. The summed E-state index contributed by atoms with van der Waals surface area (Å²) in [5.74, 6) is -0.724. The molecule has 0 fully saturated rings. The zero-order valence-corrected chi connectivity index (χ0v) is 22.8. The fourth-order valence-corrected chi connectivity index (χ4v) is 8.57. The van der Waals surface area contributed by atoms with Crippen LogP contribution in [0.1, 0.15) is 44.5 Å². The van der Waals surface area contributed by atoms with Crippen molar-refractivity contribution in [2.45, 2.75) is 12.5 Å². The first-order valence-corrected chi connectivity index (χ1v) is 14.6. The molecule has 7 aliphatic rings. The van der Waals surface area contributed by atoms with Crippen LogP contribution in [0.15, 0.2) is 128 Å². The Kier molecular flexibility index (Phi) is 3.48. The van der Waals surface area contributed by atoms with E-state index in [9.17, 15) is 0 Å². The van der Waals surface area contributed by atoms with Crippen LogP contribution < -0.4 is 0 Å². The molecule has 0 aromatic heterocycles. The number of fused-ring (bicyclic) bond motifs is 11. The summed E-state index contributed by atoms with van der Waals surface area (Å²) in [5.41, 5.74) is 18.9. The zero-order chi connectivity index (χ0) is 27.3. The first-order chi connectivity index (χ1) is 20.8. The van der Waals surface area contributed by atoms with E-state index in [0.717, 1.165) is 12.3 Å². The Labute approximate surface area is 242 Å². The van der Waals surface area contributed by atoms with Gasteiger partial charge in [0, 0.05) is 25.4 Å². The highest BCUT2D eigenvalue weighted by atomic mass is 15.6. The van der Waals surface area contributed by atoms with Gasteiger partial charge in [0.25, 0.3) is 0 Å². The SMILES string of the molecule is C=CC1=[N+]2C(=CC3=[N+]4C(=CC5=[N+]6C(=CC7=[N+](Cc8ccccc87)C264)c2ccccc25)c2ccccc23)c2ccccc21. The quantitative estimate of drug-likeness (QED) is 0.289. The van der Waals surface area contributed by atoms with Crippen molar-refractivity contribution < 1.29 is 18.3 Å². The largest absolute Gasteiger partial charge is 0.766 e. The van der Waals surface area contributed by atoms with Gasteiger partial charge >= 0.3 is 5.91 Å². The van der Waals surface area contributed by atoms with Gasteiger partial charge in [0.15, 0.2) is 6.54 Å². The van der Waals surface area contributed by atoms with Crippen LogP contribution in [0.3, 0.4) is 0 Å². The van der Waals surface area contributed by atoms with Crippen LogP contribution in [0.25, 0.3) is 17.1 Å². The summed E-state index contributed by atoms with van der Waals surface area (Å²) in [5, 5.41) is 0. The predicted molar refractivity (Wildman–Crippen MR) is 164 cm³/mol. The average Bonchev–Trinajstić information content (AvgIpc) is 3.77. The van der Waals surface area contributed by atoms with Crippen molar-refractivity contribution in [3.63, 3.8) is 0 Å². The molecule has 0 amide bonds. The van der Waals surface area contributed by atoms with Crippen molar-refractivity contribution in [1.82, 2.24) is 0 Å². The highest BCUT2D eigenvalue weighted by Gasteiger charge is 2.87. The Morgan fingerprint density at radius 3 is 1.55 bits per heavy atom. The maximum absolute atomic E-state index is 4.40. The average molecular weight is 537 g/mol. The summed E-state index contributed by atoms with van der Waals surface area (Å²) in [6.07, 6.45) is 9.33. The standard InChI is InChI=1S/C38H24N4/c1-2-31-25-13-5-6-14-26(25)34-20-35-29-17-9-10-18-30(29)37-21-36-28-16-8-7-15-27(28)33-19-32-24-12-4-3-11-23(24)22-39(32)38(40(31)34,41(33)36)42(35)37/h2-21H,1,22H2/q+4. The minimum absolute atomic E-state index is 0.724. The molecule has 0 saturated heterocycles. The number of allylic oxidation sites excluding steroid dienone is 4. The van der Waals surface area contributed by atoms with E-state index in [1.54, 1.807) is 0 Å². The molecular weight excluding hydrogens is 512 g/mol. The number of benzene rings is 4. The molecule has 7 aliphatic heterocycles. The van der Waals surface area contributed by atoms with Gasteiger partial charge in [0.1, 0.15) is 0 Å². The second-order valence-electron chi connectivity index (χ2n) is 11.8. The van der Waals surface area contributed by atoms with Gasteiger partial charge in [0.05, 0.1) is 57.2 Å². The second-order valence-corrected chi connectivity index (χ2v) is 11.8. The van der Waals surface area contributed by atoms with Gasteiger partial charge in [-0.25, -0.2) is 0 Å². The molecule has 7 heterocycles. The van der Waals surface area contributed by atoms with Crippen molar-refractivity contribution >= 4 is 39.9 Å². The fraction of sp³-hybridized carbons (Fsp3) is 0.0526. The van der Waals surface area contributed by atoms with Crippen molar-refractivity contribution in [3.05, 3.63) is 172 Å². The topological polar surface area (TPSA) is 12.0 Å². The number of hydrogen-bond acceptors (Lipinski definition) is 0. The molecule has 1 spiro atoms. The minimum atomic E-state index is -0.724. The monoisotopic (exact) mass is 536 g/mol. The van der Waals surface area contributed by atoms with E-state index < -0.39 is 5.91 Å². The molecule has 0 aliphatic carbocycles. The molecule has 0 N–H and O–H groups in total. The summed E-state index contributed by atoms with van der Waals surface area (Å²) in [6.45, 7) is 5.22. The molecule has 0 radical (unpaired) electrons. The van der Waals surface area contributed by atoms with E-state index in [1.165, 1.54) is 78.7 Å². The van der Waals surface area contributed by atoms with Gasteiger partial charge in [-0.05, 0) is 47.0 Å². The van der Waals surface area contributed by atoms with Gasteiger partial charge in [0.2, 0.25) is 39.9 Å². The van der Waals surface area contributed by atoms with Crippen LogP contribution in [0, 0.1) is 0 Å². The fourth-order valence-electron chi connectivity index (χ4n) is 8.57. The lowest BCUT2D eigenvalue weighted by Gasteiger charge is -2.25. The van der Waals surface area contributed by atoms with Crippen LogP contribution in [0.5, 0.6) is 0 Å². The summed E-state index contributed by atoms with van der Waals surface area (Å²) < 4.78 is 10.5. The highest BCUT2D eigenvalue weighted by molar-refractivity contribution is 6.23. The van der Waals surface area contributed by atoms with E-state index in [0.29, 0.717) is 0 Å². The summed E-state index contributed by atoms with van der Waals surface area (Å²) >= 11 is 0. The maximum Gasteiger partial charge on any atom is 0.766 e. The lowest BCUT2D eigenvalue weighted by molar-refractivity contribution is -1.10. The van der Waals surface area contributed by atoms with Crippen molar-refractivity contribution in [3.8, 4) is 0 Å². The van der Waals surface area contributed by atoms with Gasteiger partial charge in [-0.15, -0.1) is 0 Å². The van der Waals surface area contributed by atoms with Gasteiger partial charge < -0.3 is 0 Å². The smallest absolute Gasteiger partial charge is 0.0924 e. The van der Waals surface area contributed by atoms with Crippen molar-refractivity contribution in [2.75, 3.05) is 0 Å². The van der Waals surface area contributed by atoms with Crippen LogP contribution in [-0.4, -0.2) is 47.1 Å². The third-order valence-corrected chi connectivity index (χ3v) is 10.1. The Morgan fingerprint density at radius 2 is 0.952 bits per heavy atom. The highest BCUT2D eigenvalue weighted by Crippen LogP contribution is 2.52. The lowest BCUT2D eigenvalue weighted by atomic mass is 9.99. The Balaban J connectivity index is 1.40. The van der Waals surface area contributed by atoms with Crippen LogP contribution >= 0.6 is 0 Å². The molecule has 11 rings (SSSR count). The molecule has 1 atom stereocenters. The third kappa shape index (κ3) is 2.08. The molecular formula is C38H24N4+4. The lowest BCUT2D eigenvalue weighted by Crippen LogP contribution is -2.70. The van der Waals surface area contributed by atoms with Gasteiger partial charge in [-0.1, -0.05) is 61.2 Å². The maximum atomic E-state index is 4.40. The summed E-state index contributed by atoms with van der Waals surface area (Å²) in [7, 11) is 0. The Hall–Kier alpha value is -5.48. The normalized spacial score (nSPS) is 22.4. The first-order valence-electron chi connectivity index (χ1n) is 14.6. The van der Waals surface area contributed by atoms with E-state index in [-0.39, 0.29) is 0 Å². The zero-order valence-electron chi connectivity index (χ0n) is 22.8. The third-order valence-electron chi connectivity index (χ3n) is 10.1.